The summed E-state index contributed by atoms with van der Waals surface area (Å²) >= 11 is 12.0. The minimum Gasteiger partial charge on any atom is -0.487 e. The number of rotatable bonds is 4. The molecule has 0 saturated carbocycles. The summed E-state index contributed by atoms with van der Waals surface area (Å²) in [7, 11) is -3.74. The Bertz CT molecular complexity index is 1100. The van der Waals surface area contributed by atoms with Crippen molar-refractivity contribution in [2.24, 2.45) is 0 Å². The minimum atomic E-state index is -3.74. The van der Waals surface area contributed by atoms with Gasteiger partial charge in [0.05, 0.1) is 11.6 Å². The zero-order valence-electron chi connectivity index (χ0n) is 14.2. The van der Waals surface area contributed by atoms with Crippen molar-refractivity contribution in [3.05, 3.63) is 64.8 Å². The van der Waals surface area contributed by atoms with E-state index in [0.717, 1.165) is 10.9 Å². The number of benzene rings is 2. The third-order valence-electron chi connectivity index (χ3n) is 4.51. The Labute approximate surface area is 167 Å². The van der Waals surface area contributed by atoms with Gasteiger partial charge >= 0.3 is 0 Å². The molecule has 27 heavy (non-hydrogen) atoms. The van der Waals surface area contributed by atoms with Gasteiger partial charge in [-0.3, -0.25) is 4.98 Å². The van der Waals surface area contributed by atoms with Crippen molar-refractivity contribution in [2.75, 3.05) is 13.1 Å². The summed E-state index contributed by atoms with van der Waals surface area (Å²) in [6.45, 7) is 0.600. The topological polar surface area (TPSA) is 59.5 Å². The Morgan fingerprint density at radius 1 is 1.11 bits per heavy atom. The van der Waals surface area contributed by atoms with E-state index in [1.54, 1.807) is 12.3 Å². The molecule has 2 heterocycles. The number of para-hydroxylation sites is 1. The van der Waals surface area contributed by atoms with E-state index in [9.17, 15) is 8.42 Å². The molecule has 1 atom stereocenters. The highest BCUT2D eigenvalue weighted by molar-refractivity contribution is 7.89. The van der Waals surface area contributed by atoms with E-state index in [1.165, 1.54) is 16.4 Å². The van der Waals surface area contributed by atoms with Gasteiger partial charge in [0.15, 0.2) is 0 Å². The first-order chi connectivity index (χ1) is 12.9. The van der Waals surface area contributed by atoms with E-state index in [0.29, 0.717) is 23.7 Å². The molecular weight excluding hydrogens is 407 g/mol. The van der Waals surface area contributed by atoms with Crippen LogP contribution in [0.1, 0.15) is 6.42 Å². The van der Waals surface area contributed by atoms with Gasteiger partial charge in [0.2, 0.25) is 10.0 Å². The summed E-state index contributed by atoms with van der Waals surface area (Å²) in [5, 5.41) is 1.46. The number of hydrogen-bond donors (Lipinski definition) is 0. The third kappa shape index (κ3) is 3.62. The first kappa shape index (κ1) is 18.5. The number of hydrogen-bond acceptors (Lipinski definition) is 4. The predicted octanol–water partition coefficient (Wildman–Crippen LogP) is 4.38. The van der Waals surface area contributed by atoms with Crippen LogP contribution in [-0.2, 0) is 10.0 Å². The van der Waals surface area contributed by atoms with Crippen molar-refractivity contribution < 1.29 is 13.2 Å². The minimum absolute atomic E-state index is 0.0177. The molecule has 1 unspecified atom stereocenters. The fourth-order valence-electron chi connectivity index (χ4n) is 3.18. The second-order valence-corrected chi connectivity index (χ2v) is 9.05. The molecule has 5 nitrogen and oxygen atoms in total. The smallest absolute Gasteiger partial charge is 0.244 e. The van der Waals surface area contributed by atoms with E-state index in [1.807, 2.05) is 30.3 Å². The molecule has 1 aromatic heterocycles. The van der Waals surface area contributed by atoms with Gasteiger partial charge in [-0.15, -0.1) is 0 Å². The molecule has 2 aromatic carbocycles. The second kappa shape index (κ2) is 7.28. The van der Waals surface area contributed by atoms with Crippen LogP contribution >= 0.6 is 23.2 Å². The Kier molecular flexibility index (Phi) is 4.99. The largest absolute Gasteiger partial charge is 0.487 e. The van der Waals surface area contributed by atoms with Crippen LogP contribution in [0.25, 0.3) is 10.9 Å². The van der Waals surface area contributed by atoms with Crippen molar-refractivity contribution in [3.63, 3.8) is 0 Å². The van der Waals surface area contributed by atoms with Crippen molar-refractivity contribution in [1.29, 1.82) is 0 Å². The van der Waals surface area contributed by atoms with Gasteiger partial charge in [-0.1, -0.05) is 41.4 Å². The highest BCUT2D eigenvalue weighted by Gasteiger charge is 2.35. The highest BCUT2D eigenvalue weighted by Crippen LogP contribution is 2.31. The van der Waals surface area contributed by atoms with Crippen LogP contribution in [0.5, 0.6) is 5.75 Å². The maximum absolute atomic E-state index is 12.9. The van der Waals surface area contributed by atoms with Crippen LogP contribution in [0.4, 0.5) is 0 Å². The Morgan fingerprint density at radius 3 is 2.78 bits per heavy atom. The molecule has 1 saturated heterocycles. The van der Waals surface area contributed by atoms with Crippen LogP contribution in [0.3, 0.4) is 0 Å². The SMILES string of the molecule is O=S(=O)(c1cc(Cl)ccc1Cl)N1CCC(Oc2cccc3cccnc23)C1. The Morgan fingerprint density at radius 2 is 1.93 bits per heavy atom. The lowest BCUT2D eigenvalue weighted by Crippen LogP contribution is -2.31. The number of nitrogens with zero attached hydrogens (tertiary/aromatic N) is 2. The zero-order chi connectivity index (χ0) is 19.0. The van der Waals surface area contributed by atoms with Gasteiger partial charge in [0, 0.05) is 23.2 Å². The van der Waals surface area contributed by atoms with Gasteiger partial charge in [-0.25, -0.2) is 8.42 Å². The molecule has 0 aliphatic carbocycles. The lowest BCUT2D eigenvalue weighted by molar-refractivity contribution is 0.218. The number of aromatic nitrogens is 1. The van der Waals surface area contributed by atoms with E-state index in [-0.39, 0.29) is 22.6 Å². The van der Waals surface area contributed by atoms with E-state index in [4.69, 9.17) is 27.9 Å². The summed E-state index contributed by atoms with van der Waals surface area (Å²) in [6.07, 6.45) is 2.04. The molecule has 0 radical (unpaired) electrons. The number of fused-ring (bicyclic) bond motifs is 1. The van der Waals surface area contributed by atoms with Crippen LogP contribution in [-0.4, -0.2) is 36.9 Å². The molecule has 4 rings (SSSR count). The standard InChI is InChI=1S/C19H16Cl2N2O3S/c20-14-6-7-16(21)18(11-14)27(24,25)23-10-8-15(12-23)26-17-5-1-3-13-4-2-9-22-19(13)17/h1-7,9,11,15H,8,10,12H2. The van der Waals surface area contributed by atoms with Crippen molar-refractivity contribution in [2.45, 2.75) is 17.4 Å². The molecule has 0 N–H and O–H groups in total. The molecule has 0 amide bonds. The van der Waals surface area contributed by atoms with Gasteiger partial charge in [0.1, 0.15) is 22.3 Å². The van der Waals surface area contributed by atoms with Crippen LogP contribution in [0, 0.1) is 0 Å². The normalized spacial score (nSPS) is 18.1. The lowest BCUT2D eigenvalue weighted by Gasteiger charge is -2.18. The lowest BCUT2D eigenvalue weighted by atomic mass is 10.2. The maximum atomic E-state index is 12.9. The number of pyridine rings is 1. The summed E-state index contributed by atoms with van der Waals surface area (Å²) in [5.74, 6) is 0.651. The zero-order valence-corrected chi connectivity index (χ0v) is 16.5. The van der Waals surface area contributed by atoms with Gasteiger partial charge < -0.3 is 4.74 Å². The molecule has 3 aromatic rings. The molecule has 0 bridgehead atoms. The average molecular weight is 423 g/mol. The molecule has 1 aliphatic rings. The van der Waals surface area contributed by atoms with Gasteiger partial charge in [0.25, 0.3) is 0 Å². The monoisotopic (exact) mass is 422 g/mol. The maximum Gasteiger partial charge on any atom is 0.244 e. The number of sulfonamides is 1. The number of ether oxygens (including phenoxy) is 1. The molecular formula is C19H16Cl2N2O3S. The van der Waals surface area contributed by atoms with Gasteiger partial charge in [-0.2, -0.15) is 4.31 Å². The van der Waals surface area contributed by atoms with E-state index >= 15 is 0 Å². The molecule has 8 heteroatoms. The summed E-state index contributed by atoms with van der Waals surface area (Å²) in [4.78, 5) is 4.39. The average Bonchev–Trinajstić information content (AvgIpc) is 3.13. The van der Waals surface area contributed by atoms with E-state index in [2.05, 4.69) is 4.98 Å². The molecule has 0 spiro atoms. The van der Waals surface area contributed by atoms with Crippen molar-refractivity contribution in [3.8, 4) is 5.75 Å². The first-order valence-corrected chi connectivity index (χ1v) is 10.6. The van der Waals surface area contributed by atoms with Crippen LogP contribution in [0.15, 0.2) is 59.6 Å². The summed E-state index contributed by atoms with van der Waals surface area (Å²) in [5.41, 5.74) is 0.763. The first-order valence-electron chi connectivity index (χ1n) is 8.41. The quantitative estimate of drug-likeness (QED) is 0.625. The fraction of sp³-hybridized carbons (Fsp3) is 0.211. The van der Waals surface area contributed by atoms with Crippen molar-refractivity contribution >= 4 is 44.1 Å². The van der Waals surface area contributed by atoms with Crippen LogP contribution in [0.2, 0.25) is 10.0 Å². The Hall–Kier alpha value is -1.86. The fourth-order valence-corrected chi connectivity index (χ4v) is 5.40. The highest BCUT2D eigenvalue weighted by atomic mass is 35.5. The molecule has 140 valence electrons. The Balaban J connectivity index is 1.56. The summed E-state index contributed by atoms with van der Waals surface area (Å²) in [6, 6.07) is 14.0. The molecule has 1 aliphatic heterocycles. The number of halogens is 2. The second-order valence-electron chi connectivity index (χ2n) is 6.30. The molecule has 1 fully saturated rings. The van der Waals surface area contributed by atoms with E-state index < -0.39 is 10.0 Å². The van der Waals surface area contributed by atoms with Crippen molar-refractivity contribution in [1.82, 2.24) is 9.29 Å². The van der Waals surface area contributed by atoms with Crippen LogP contribution < -0.4 is 4.74 Å². The predicted molar refractivity (Wildman–Crippen MR) is 106 cm³/mol. The van der Waals surface area contributed by atoms with Gasteiger partial charge in [-0.05, 0) is 36.8 Å². The summed E-state index contributed by atoms with van der Waals surface area (Å²) < 4.78 is 33.3. The third-order valence-corrected chi connectivity index (χ3v) is 7.09.